The molecule has 1 aliphatic heterocycles. The van der Waals surface area contributed by atoms with Crippen molar-refractivity contribution >= 4 is 11.4 Å². The van der Waals surface area contributed by atoms with Crippen molar-refractivity contribution in [3.05, 3.63) is 90.0 Å². The van der Waals surface area contributed by atoms with E-state index in [-0.39, 0.29) is 0 Å². The SMILES string of the molecule is C1=CC(c2ccccc2)=NC(c2ccccc2)=CC1. The lowest BCUT2D eigenvalue weighted by molar-refractivity contribution is 1.38. The van der Waals surface area contributed by atoms with Gasteiger partial charge >= 0.3 is 0 Å². The Morgan fingerprint density at radius 2 is 1.37 bits per heavy atom. The fourth-order valence-electron chi connectivity index (χ4n) is 2.13. The Hall–Kier alpha value is -2.41. The second-order valence-corrected chi connectivity index (χ2v) is 4.46. The van der Waals surface area contributed by atoms with Gasteiger partial charge in [0.25, 0.3) is 0 Å². The summed E-state index contributed by atoms with van der Waals surface area (Å²) in [6.07, 6.45) is 7.34. The molecule has 19 heavy (non-hydrogen) atoms. The maximum absolute atomic E-state index is 4.81. The normalized spacial score (nSPS) is 14.5. The second-order valence-electron chi connectivity index (χ2n) is 4.46. The number of aliphatic imine (C=N–C) groups is 1. The second kappa shape index (κ2) is 5.49. The molecule has 1 heterocycles. The van der Waals surface area contributed by atoms with E-state index in [4.69, 9.17) is 4.99 Å². The van der Waals surface area contributed by atoms with Gasteiger partial charge in [0.05, 0.1) is 11.4 Å². The van der Waals surface area contributed by atoms with Crippen LogP contribution in [0.2, 0.25) is 0 Å². The van der Waals surface area contributed by atoms with E-state index in [9.17, 15) is 0 Å². The average Bonchev–Trinajstić information content (AvgIpc) is 2.75. The molecule has 0 radical (unpaired) electrons. The quantitative estimate of drug-likeness (QED) is 0.740. The first-order chi connectivity index (χ1) is 9.43. The zero-order valence-corrected chi connectivity index (χ0v) is 10.7. The zero-order chi connectivity index (χ0) is 12.9. The van der Waals surface area contributed by atoms with Crippen LogP contribution in [0.5, 0.6) is 0 Å². The lowest BCUT2D eigenvalue weighted by Crippen LogP contribution is -1.96. The summed E-state index contributed by atoms with van der Waals surface area (Å²) in [6, 6.07) is 20.6. The monoisotopic (exact) mass is 245 g/mol. The van der Waals surface area contributed by atoms with Crippen molar-refractivity contribution in [2.45, 2.75) is 6.42 Å². The Morgan fingerprint density at radius 1 is 0.737 bits per heavy atom. The van der Waals surface area contributed by atoms with Crippen LogP contribution in [0.4, 0.5) is 0 Å². The van der Waals surface area contributed by atoms with Crippen LogP contribution in [0.1, 0.15) is 17.5 Å². The van der Waals surface area contributed by atoms with E-state index >= 15 is 0 Å². The summed E-state index contributed by atoms with van der Waals surface area (Å²) >= 11 is 0. The van der Waals surface area contributed by atoms with Gasteiger partial charge in [0.15, 0.2) is 0 Å². The molecular weight excluding hydrogens is 230 g/mol. The molecule has 1 heteroatoms. The van der Waals surface area contributed by atoms with Gasteiger partial charge in [-0.15, -0.1) is 0 Å². The summed E-state index contributed by atoms with van der Waals surface area (Å²) in [4.78, 5) is 4.81. The molecule has 0 saturated carbocycles. The van der Waals surface area contributed by atoms with Crippen molar-refractivity contribution in [3.63, 3.8) is 0 Å². The number of hydrogen-bond acceptors (Lipinski definition) is 1. The van der Waals surface area contributed by atoms with Gasteiger partial charge in [-0.3, -0.25) is 0 Å². The van der Waals surface area contributed by atoms with E-state index in [1.165, 1.54) is 5.56 Å². The van der Waals surface area contributed by atoms with Crippen LogP contribution in [-0.2, 0) is 0 Å². The van der Waals surface area contributed by atoms with E-state index in [1.54, 1.807) is 0 Å². The summed E-state index contributed by atoms with van der Waals surface area (Å²) in [5.74, 6) is 0. The number of hydrogen-bond donors (Lipinski definition) is 0. The van der Waals surface area contributed by atoms with Gasteiger partial charge in [0.2, 0.25) is 0 Å². The van der Waals surface area contributed by atoms with Crippen molar-refractivity contribution in [1.82, 2.24) is 0 Å². The molecule has 0 aliphatic carbocycles. The molecule has 2 aromatic rings. The van der Waals surface area contributed by atoms with E-state index in [0.29, 0.717) is 0 Å². The highest BCUT2D eigenvalue weighted by atomic mass is 14.8. The van der Waals surface area contributed by atoms with Crippen LogP contribution in [-0.4, -0.2) is 5.71 Å². The molecule has 0 aromatic heterocycles. The first-order valence-electron chi connectivity index (χ1n) is 6.50. The molecule has 0 bridgehead atoms. The first kappa shape index (κ1) is 11.7. The largest absolute Gasteiger partial charge is 0.248 e. The van der Waals surface area contributed by atoms with Crippen molar-refractivity contribution in [2.75, 3.05) is 0 Å². The van der Waals surface area contributed by atoms with Crippen molar-refractivity contribution < 1.29 is 0 Å². The fourth-order valence-corrected chi connectivity index (χ4v) is 2.13. The van der Waals surface area contributed by atoms with E-state index in [0.717, 1.165) is 23.4 Å². The van der Waals surface area contributed by atoms with Crippen molar-refractivity contribution in [1.29, 1.82) is 0 Å². The topological polar surface area (TPSA) is 12.4 Å². The Kier molecular flexibility index (Phi) is 3.37. The fraction of sp³-hybridized carbons (Fsp3) is 0.0556. The Balaban J connectivity index is 2.02. The minimum Gasteiger partial charge on any atom is -0.248 e. The summed E-state index contributed by atoms with van der Waals surface area (Å²) in [7, 11) is 0. The predicted molar refractivity (Wildman–Crippen MR) is 81.2 cm³/mol. The summed E-state index contributed by atoms with van der Waals surface area (Å²) in [6.45, 7) is 0. The number of nitrogens with zero attached hydrogens (tertiary/aromatic N) is 1. The van der Waals surface area contributed by atoms with Crippen LogP contribution in [0, 0.1) is 0 Å². The molecule has 0 saturated heterocycles. The maximum atomic E-state index is 4.81. The van der Waals surface area contributed by atoms with E-state index < -0.39 is 0 Å². The standard InChI is InChI=1S/C18H15N/c1-3-9-15(10-4-1)17-13-7-8-14-18(19-17)16-11-5-2-6-12-16/h1-7,9-14H,8H2. The zero-order valence-electron chi connectivity index (χ0n) is 10.7. The molecule has 1 aliphatic rings. The minimum atomic E-state index is 0.921. The number of benzene rings is 2. The summed E-state index contributed by atoms with van der Waals surface area (Å²) < 4.78 is 0. The van der Waals surface area contributed by atoms with Gasteiger partial charge in [-0.25, -0.2) is 4.99 Å². The van der Waals surface area contributed by atoms with Crippen molar-refractivity contribution in [2.24, 2.45) is 4.99 Å². The lowest BCUT2D eigenvalue weighted by atomic mass is 10.1. The highest BCUT2D eigenvalue weighted by molar-refractivity contribution is 6.11. The molecule has 0 N–H and O–H groups in total. The molecule has 92 valence electrons. The van der Waals surface area contributed by atoms with Gasteiger partial charge in [0, 0.05) is 5.56 Å². The molecule has 0 atom stereocenters. The van der Waals surface area contributed by atoms with E-state index in [1.807, 2.05) is 36.4 Å². The van der Waals surface area contributed by atoms with Gasteiger partial charge < -0.3 is 0 Å². The molecular formula is C18H15N. The van der Waals surface area contributed by atoms with Crippen LogP contribution in [0.25, 0.3) is 5.70 Å². The molecule has 0 fully saturated rings. The molecule has 0 spiro atoms. The molecule has 0 unspecified atom stereocenters. The molecule has 3 rings (SSSR count). The van der Waals surface area contributed by atoms with Gasteiger partial charge in [-0.1, -0.05) is 72.8 Å². The van der Waals surface area contributed by atoms with Crippen LogP contribution in [0.15, 0.2) is 83.9 Å². The van der Waals surface area contributed by atoms with Crippen LogP contribution < -0.4 is 0 Å². The third kappa shape index (κ3) is 2.71. The smallest absolute Gasteiger partial charge is 0.0706 e. The Bertz CT molecular complexity index is 634. The van der Waals surface area contributed by atoms with Crippen LogP contribution >= 0.6 is 0 Å². The first-order valence-corrected chi connectivity index (χ1v) is 6.50. The maximum Gasteiger partial charge on any atom is 0.0706 e. The highest BCUT2D eigenvalue weighted by Crippen LogP contribution is 2.20. The van der Waals surface area contributed by atoms with Gasteiger partial charge in [-0.2, -0.15) is 0 Å². The number of rotatable bonds is 2. The predicted octanol–water partition coefficient (Wildman–Crippen LogP) is 4.48. The molecule has 2 aromatic carbocycles. The molecule has 1 nitrogen and oxygen atoms in total. The highest BCUT2D eigenvalue weighted by Gasteiger charge is 2.05. The minimum absolute atomic E-state index is 0.921. The summed E-state index contributed by atoms with van der Waals surface area (Å²) in [5, 5.41) is 0. The third-order valence-corrected chi connectivity index (χ3v) is 3.10. The van der Waals surface area contributed by atoms with Crippen LogP contribution in [0.3, 0.4) is 0 Å². The Labute approximate surface area is 113 Å². The third-order valence-electron chi connectivity index (χ3n) is 3.10. The average molecular weight is 245 g/mol. The molecule has 0 amide bonds. The number of allylic oxidation sites excluding steroid dienone is 3. The lowest BCUT2D eigenvalue weighted by Gasteiger charge is -2.04. The summed E-state index contributed by atoms with van der Waals surface area (Å²) in [5.41, 5.74) is 4.39. The van der Waals surface area contributed by atoms with Gasteiger partial charge in [0.1, 0.15) is 0 Å². The van der Waals surface area contributed by atoms with Gasteiger partial charge in [-0.05, 0) is 18.1 Å². The van der Waals surface area contributed by atoms with Crippen molar-refractivity contribution in [3.8, 4) is 0 Å². The Morgan fingerprint density at radius 3 is 2.05 bits per heavy atom. The van der Waals surface area contributed by atoms with E-state index in [2.05, 4.69) is 42.5 Å².